The van der Waals surface area contributed by atoms with Gasteiger partial charge in [-0.25, -0.2) is 4.98 Å². The summed E-state index contributed by atoms with van der Waals surface area (Å²) in [6.45, 7) is 3.29. The van der Waals surface area contributed by atoms with E-state index in [1.165, 1.54) is 17.8 Å². The quantitative estimate of drug-likeness (QED) is 0.913. The van der Waals surface area contributed by atoms with E-state index in [0.29, 0.717) is 19.1 Å². The topological polar surface area (TPSA) is 63.2 Å². The Labute approximate surface area is 133 Å². The fourth-order valence-electron chi connectivity index (χ4n) is 2.77. The lowest BCUT2D eigenvalue weighted by Crippen LogP contribution is -2.53. The normalized spacial score (nSPS) is 25.3. The minimum Gasteiger partial charge on any atom is -0.375 e. The number of carbonyl (C=O) groups excluding carboxylic acids is 1. The van der Waals surface area contributed by atoms with Gasteiger partial charge in [-0.15, -0.1) is 11.3 Å². The molecule has 0 spiro atoms. The summed E-state index contributed by atoms with van der Waals surface area (Å²) >= 11 is 1.74. The zero-order valence-electron chi connectivity index (χ0n) is 12.5. The Balaban J connectivity index is 1.52. The molecule has 0 unspecified atom stereocenters. The van der Waals surface area contributed by atoms with Crippen molar-refractivity contribution in [3.05, 3.63) is 23.2 Å². The molecule has 116 valence electrons. The van der Waals surface area contributed by atoms with Gasteiger partial charge in [0.25, 0.3) is 0 Å². The molecular formula is C16H19N3O2S. The Morgan fingerprint density at radius 2 is 2.32 bits per heavy atom. The fraction of sp³-hybridized carbons (Fsp3) is 0.500. The van der Waals surface area contributed by atoms with Crippen LogP contribution in [0.2, 0.25) is 0 Å². The molecule has 0 radical (unpaired) electrons. The summed E-state index contributed by atoms with van der Waals surface area (Å²) in [4.78, 5) is 17.0. The molecule has 2 N–H and O–H groups in total. The first-order valence-electron chi connectivity index (χ1n) is 7.77. The molecule has 2 aromatic rings. The van der Waals surface area contributed by atoms with Crippen LogP contribution in [0.25, 0.3) is 10.2 Å². The number of nitrogens with one attached hydrogen (secondary N) is 2. The first-order chi connectivity index (χ1) is 10.7. The number of amides is 1. The summed E-state index contributed by atoms with van der Waals surface area (Å²) in [6, 6.07) is 5.63. The molecule has 6 heteroatoms. The number of morpholine rings is 1. The molecule has 4 rings (SSSR count). The van der Waals surface area contributed by atoms with Gasteiger partial charge in [0, 0.05) is 18.2 Å². The summed E-state index contributed by atoms with van der Waals surface area (Å²) in [5, 5.41) is 7.42. The number of benzene rings is 1. The smallest absolute Gasteiger partial charge is 0.244 e. The largest absolute Gasteiger partial charge is 0.375 e. The van der Waals surface area contributed by atoms with E-state index < -0.39 is 0 Å². The average molecular weight is 317 g/mol. The van der Waals surface area contributed by atoms with Gasteiger partial charge in [0.05, 0.1) is 27.9 Å². The standard InChI is InChI=1S/C16H19N3O2S/c1-9-14(17-6-7-21-9)15(20)18-11-4-5-12-13(8-11)22-16(19-12)10-2-3-10/h4-5,8-10,14,17H,2-3,6-7H2,1H3,(H,18,20)/t9-,14+/m1/s1. The fourth-order valence-corrected chi connectivity index (χ4v) is 3.95. The molecule has 0 bridgehead atoms. The highest BCUT2D eigenvalue weighted by atomic mass is 32.1. The van der Waals surface area contributed by atoms with Gasteiger partial charge in [-0.2, -0.15) is 0 Å². The molecule has 1 amide bonds. The van der Waals surface area contributed by atoms with Crippen LogP contribution in [-0.4, -0.2) is 36.2 Å². The van der Waals surface area contributed by atoms with E-state index in [0.717, 1.165) is 15.9 Å². The van der Waals surface area contributed by atoms with Crippen molar-refractivity contribution in [1.29, 1.82) is 0 Å². The molecule has 1 saturated heterocycles. The van der Waals surface area contributed by atoms with Crippen molar-refractivity contribution >= 4 is 33.1 Å². The number of anilines is 1. The number of aromatic nitrogens is 1. The predicted octanol–water partition coefficient (Wildman–Crippen LogP) is 2.49. The molecule has 1 aromatic heterocycles. The lowest BCUT2D eigenvalue weighted by molar-refractivity contribution is -0.123. The lowest BCUT2D eigenvalue weighted by atomic mass is 10.1. The maximum Gasteiger partial charge on any atom is 0.244 e. The number of carbonyl (C=O) groups is 1. The molecular weight excluding hydrogens is 298 g/mol. The van der Waals surface area contributed by atoms with Gasteiger partial charge < -0.3 is 15.4 Å². The number of ether oxygens (including phenoxy) is 1. The van der Waals surface area contributed by atoms with Crippen molar-refractivity contribution in [2.24, 2.45) is 0 Å². The predicted molar refractivity (Wildman–Crippen MR) is 87.4 cm³/mol. The Morgan fingerprint density at radius 3 is 3.09 bits per heavy atom. The van der Waals surface area contributed by atoms with Crippen molar-refractivity contribution in [2.45, 2.75) is 37.8 Å². The van der Waals surface area contributed by atoms with E-state index in [2.05, 4.69) is 15.6 Å². The van der Waals surface area contributed by atoms with Gasteiger partial charge in [-0.05, 0) is 38.0 Å². The van der Waals surface area contributed by atoms with E-state index in [4.69, 9.17) is 4.74 Å². The molecule has 2 atom stereocenters. The van der Waals surface area contributed by atoms with Gasteiger partial charge in [-0.3, -0.25) is 4.79 Å². The molecule has 2 heterocycles. The van der Waals surface area contributed by atoms with E-state index in [9.17, 15) is 4.79 Å². The molecule has 1 aliphatic carbocycles. The third-order valence-corrected chi connectivity index (χ3v) is 5.38. The summed E-state index contributed by atoms with van der Waals surface area (Å²) in [5.41, 5.74) is 1.85. The number of thiazole rings is 1. The van der Waals surface area contributed by atoms with Crippen LogP contribution < -0.4 is 10.6 Å². The number of hydrogen-bond donors (Lipinski definition) is 2. The second-order valence-corrected chi connectivity index (χ2v) is 7.07. The zero-order valence-corrected chi connectivity index (χ0v) is 13.3. The SMILES string of the molecule is C[C@H]1OCCN[C@@H]1C(=O)Nc1ccc2nc(C3CC3)sc2c1. The number of nitrogens with zero attached hydrogens (tertiary/aromatic N) is 1. The van der Waals surface area contributed by atoms with Crippen LogP contribution in [0.15, 0.2) is 18.2 Å². The molecule has 1 saturated carbocycles. The average Bonchev–Trinajstić information content (AvgIpc) is 3.27. The highest BCUT2D eigenvalue weighted by Crippen LogP contribution is 2.43. The summed E-state index contributed by atoms with van der Waals surface area (Å²) in [5.74, 6) is 0.623. The highest BCUT2D eigenvalue weighted by Gasteiger charge is 2.29. The first-order valence-corrected chi connectivity index (χ1v) is 8.59. The van der Waals surface area contributed by atoms with Crippen LogP contribution in [-0.2, 0) is 9.53 Å². The monoisotopic (exact) mass is 317 g/mol. The van der Waals surface area contributed by atoms with Gasteiger partial charge in [0.15, 0.2) is 0 Å². The maximum atomic E-state index is 12.4. The van der Waals surface area contributed by atoms with Gasteiger partial charge in [0.1, 0.15) is 6.04 Å². The number of rotatable bonds is 3. The molecule has 22 heavy (non-hydrogen) atoms. The van der Waals surface area contributed by atoms with E-state index >= 15 is 0 Å². The summed E-state index contributed by atoms with van der Waals surface area (Å²) in [7, 11) is 0. The van der Waals surface area contributed by atoms with Crippen molar-refractivity contribution in [2.75, 3.05) is 18.5 Å². The van der Waals surface area contributed by atoms with Crippen LogP contribution >= 0.6 is 11.3 Å². The van der Waals surface area contributed by atoms with Crippen molar-refractivity contribution in [3.63, 3.8) is 0 Å². The van der Waals surface area contributed by atoms with Crippen LogP contribution in [0.5, 0.6) is 0 Å². The van der Waals surface area contributed by atoms with E-state index in [1.54, 1.807) is 11.3 Å². The van der Waals surface area contributed by atoms with Crippen LogP contribution in [0.1, 0.15) is 30.7 Å². The van der Waals surface area contributed by atoms with E-state index in [1.807, 2.05) is 25.1 Å². The molecule has 1 aliphatic heterocycles. The number of fused-ring (bicyclic) bond motifs is 1. The second kappa shape index (κ2) is 5.61. The summed E-state index contributed by atoms with van der Waals surface area (Å²) < 4.78 is 6.66. The lowest BCUT2D eigenvalue weighted by Gasteiger charge is -2.29. The van der Waals surface area contributed by atoms with Crippen molar-refractivity contribution in [1.82, 2.24) is 10.3 Å². The molecule has 2 aliphatic rings. The summed E-state index contributed by atoms with van der Waals surface area (Å²) in [6.07, 6.45) is 2.41. The van der Waals surface area contributed by atoms with Gasteiger partial charge >= 0.3 is 0 Å². The van der Waals surface area contributed by atoms with Crippen LogP contribution in [0, 0.1) is 0 Å². The number of hydrogen-bond acceptors (Lipinski definition) is 5. The Bertz CT molecular complexity index is 710. The Hall–Kier alpha value is -1.50. The van der Waals surface area contributed by atoms with E-state index in [-0.39, 0.29) is 18.1 Å². The van der Waals surface area contributed by atoms with Crippen molar-refractivity contribution in [3.8, 4) is 0 Å². The van der Waals surface area contributed by atoms with Crippen LogP contribution in [0.4, 0.5) is 5.69 Å². The molecule has 1 aromatic carbocycles. The Morgan fingerprint density at radius 1 is 1.45 bits per heavy atom. The minimum absolute atomic E-state index is 0.0431. The third-order valence-electron chi connectivity index (χ3n) is 4.20. The first kappa shape index (κ1) is 14.1. The maximum absolute atomic E-state index is 12.4. The third kappa shape index (κ3) is 2.74. The Kier molecular flexibility index (Phi) is 3.60. The minimum atomic E-state index is -0.298. The highest BCUT2D eigenvalue weighted by molar-refractivity contribution is 7.18. The molecule has 2 fully saturated rings. The zero-order chi connectivity index (χ0) is 15.1. The van der Waals surface area contributed by atoms with Crippen LogP contribution in [0.3, 0.4) is 0 Å². The second-order valence-electron chi connectivity index (χ2n) is 6.01. The van der Waals surface area contributed by atoms with Gasteiger partial charge in [-0.1, -0.05) is 0 Å². The van der Waals surface area contributed by atoms with Crippen molar-refractivity contribution < 1.29 is 9.53 Å². The molecule has 5 nitrogen and oxygen atoms in total. The van der Waals surface area contributed by atoms with Gasteiger partial charge in [0.2, 0.25) is 5.91 Å².